The van der Waals surface area contributed by atoms with Crippen LogP contribution in [0.25, 0.3) is 0 Å². The first-order valence-electron chi connectivity index (χ1n) is 6.73. The lowest BCUT2D eigenvalue weighted by Gasteiger charge is -2.24. The predicted octanol–water partition coefficient (Wildman–Crippen LogP) is 2.63. The first-order chi connectivity index (χ1) is 8.67. The maximum absolute atomic E-state index is 6.30. The summed E-state index contributed by atoms with van der Waals surface area (Å²) < 4.78 is 7.68. The molecule has 0 aliphatic carbocycles. The molecule has 0 spiro atoms. The summed E-state index contributed by atoms with van der Waals surface area (Å²) in [6, 6.07) is 0.231. The highest BCUT2D eigenvalue weighted by Crippen LogP contribution is 2.34. The molecule has 0 bridgehead atoms. The van der Waals surface area contributed by atoms with Crippen LogP contribution in [0.15, 0.2) is 6.20 Å². The molecule has 1 aliphatic rings. The Hall–Kier alpha value is -0.580. The van der Waals surface area contributed by atoms with Gasteiger partial charge in [0.2, 0.25) is 0 Å². The molecule has 5 heteroatoms. The molecule has 1 fully saturated rings. The first kappa shape index (κ1) is 13.8. The lowest BCUT2D eigenvalue weighted by Crippen LogP contribution is -2.31. The average Bonchev–Trinajstić information content (AvgIpc) is 2.93. The highest BCUT2D eigenvalue weighted by atomic mass is 35.5. The van der Waals surface area contributed by atoms with Crippen molar-refractivity contribution in [2.45, 2.75) is 45.9 Å². The molecule has 4 nitrogen and oxygen atoms in total. The van der Waals surface area contributed by atoms with Crippen molar-refractivity contribution < 1.29 is 4.74 Å². The van der Waals surface area contributed by atoms with Crippen LogP contribution >= 0.6 is 11.6 Å². The molecule has 0 radical (unpaired) electrons. The molecule has 2 rings (SSSR count). The summed E-state index contributed by atoms with van der Waals surface area (Å²) in [4.78, 5) is 0. The van der Waals surface area contributed by atoms with Crippen LogP contribution in [0.4, 0.5) is 0 Å². The van der Waals surface area contributed by atoms with Crippen LogP contribution in [-0.4, -0.2) is 29.0 Å². The summed E-state index contributed by atoms with van der Waals surface area (Å²) in [6.45, 7) is 8.88. The zero-order valence-corrected chi connectivity index (χ0v) is 12.1. The van der Waals surface area contributed by atoms with Crippen molar-refractivity contribution in [3.63, 3.8) is 0 Å². The van der Waals surface area contributed by atoms with Gasteiger partial charge in [-0.1, -0.05) is 18.5 Å². The molecule has 18 heavy (non-hydrogen) atoms. The highest BCUT2D eigenvalue weighted by molar-refractivity contribution is 6.31. The van der Waals surface area contributed by atoms with E-state index in [-0.39, 0.29) is 6.04 Å². The third kappa shape index (κ3) is 2.71. The van der Waals surface area contributed by atoms with Crippen LogP contribution in [0, 0.1) is 5.92 Å². The lowest BCUT2D eigenvalue weighted by atomic mass is 9.94. The van der Waals surface area contributed by atoms with Crippen molar-refractivity contribution in [2.24, 2.45) is 5.92 Å². The van der Waals surface area contributed by atoms with Gasteiger partial charge in [-0.05, 0) is 26.8 Å². The maximum atomic E-state index is 6.30. The molecule has 102 valence electrons. The summed E-state index contributed by atoms with van der Waals surface area (Å²) >= 11 is 6.30. The van der Waals surface area contributed by atoms with Crippen molar-refractivity contribution in [1.29, 1.82) is 0 Å². The molecule has 2 heterocycles. The first-order valence-corrected chi connectivity index (χ1v) is 7.11. The van der Waals surface area contributed by atoms with Crippen molar-refractivity contribution >= 4 is 11.6 Å². The Bertz CT molecular complexity index is 394. The van der Waals surface area contributed by atoms with Crippen LogP contribution < -0.4 is 5.32 Å². The van der Waals surface area contributed by atoms with Crippen LogP contribution in [0.1, 0.15) is 38.9 Å². The molecular weight excluding hydrogens is 250 g/mol. The Balaban J connectivity index is 2.26. The van der Waals surface area contributed by atoms with Gasteiger partial charge in [0.05, 0.1) is 35.7 Å². The second-order valence-electron chi connectivity index (χ2n) is 4.87. The standard InChI is InChI=1S/C13H22ClN3O/c1-4-15-12(10-6-9(3)18-8-10)13-11(14)7-16-17(13)5-2/h7,9-10,12,15H,4-6,8H2,1-3H3. The molecule has 3 unspecified atom stereocenters. The minimum atomic E-state index is 0.231. The fourth-order valence-electron chi connectivity index (χ4n) is 2.72. The monoisotopic (exact) mass is 271 g/mol. The molecule has 1 aromatic heterocycles. The molecular formula is C13H22ClN3O. The average molecular weight is 272 g/mol. The molecule has 1 saturated heterocycles. The number of hydrogen-bond donors (Lipinski definition) is 1. The quantitative estimate of drug-likeness (QED) is 0.895. The zero-order chi connectivity index (χ0) is 13.1. The number of ether oxygens (including phenoxy) is 1. The van der Waals surface area contributed by atoms with Gasteiger partial charge in [0.25, 0.3) is 0 Å². The second kappa shape index (κ2) is 6.04. The van der Waals surface area contributed by atoms with Gasteiger partial charge < -0.3 is 10.1 Å². The van der Waals surface area contributed by atoms with Gasteiger partial charge in [0.15, 0.2) is 0 Å². The number of nitrogens with zero attached hydrogens (tertiary/aromatic N) is 2. The number of halogens is 1. The van der Waals surface area contributed by atoms with E-state index in [0.717, 1.165) is 36.8 Å². The van der Waals surface area contributed by atoms with Crippen LogP contribution in [0.3, 0.4) is 0 Å². The van der Waals surface area contributed by atoms with Crippen molar-refractivity contribution in [3.05, 3.63) is 16.9 Å². The summed E-state index contributed by atoms with van der Waals surface area (Å²) in [5.74, 6) is 0.472. The largest absolute Gasteiger partial charge is 0.378 e. The Morgan fingerprint density at radius 1 is 1.61 bits per heavy atom. The lowest BCUT2D eigenvalue weighted by molar-refractivity contribution is 0.116. The maximum Gasteiger partial charge on any atom is 0.0834 e. The van der Waals surface area contributed by atoms with Crippen LogP contribution in [0.2, 0.25) is 5.02 Å². The number of hydrogen-bond acceptors (Lipinski definition) is 3. The minimum Gasteiger partial charge on any atom is -0.378 e. The third-order valence-corrected chi connectivity index (χ3v) is 3.84. The highest BCUT2D eigenvalue weighted by Gasteiger charge is 2.33. The predicted molar refractivity (Wildman–Crippen MR) is 72.8 cm³/mol. The van der Waals surface area contributed by atoms with Crippen molar-refractivity contribution in [3.8, 4) is 0 Å². The van der Waals surface area contributed by atoms with Gasteiger partial charge >= 0.3 is 0 Å². The van der Waals surface area contributed by atoms with E-state index in [2.05, 4.69) is 31.2 Å². The molecule has 1 aliphatic heterocycles. The van der Waals surface area contributed by atoms with Gasteiger partial charge in [0.1, 0.15) is 0 Å². The van der Waals surface area contributed by atoms with E-state index in [9.17, 15) is 0 Å². The third-order valence-electron chi connectivity index (χ3n) is 3.55. The summed E-state index contributed by atoms with van der Waals surface area (Å²) in [6.07, 6.45) is 3.15. The van der Waals surface area contributed by atoms with Crippen LogP contribution in [-0.2, 0) is 11.3 Å². The van der Waals surface area contributed by atoms with Gasteiger partial charge in [-0.25, -0.2) is 0 Å². The van der Waals surface area contributed by atoms with Crippen molar-refractivity contribution in [1.82, 2.24) is 15.1 Å². The number of nitrogens with one attached hydrogen (secondary N) is 1. The van der Waals surface area contributed by atoms with E-state index in [1.54, 1.807) is 6.20 Å². The number of aromatic nitrogens is 2. The van der Waals surface area contributed by atoms with E-state index in [4.69, 9.17) is 16.3 Å². The van der Waals surface area contributed by atoms with Crippen LogP contribution in [0.5, 0.6) is 0 Å². The topological polar surface area (TPSA) is 39.1 Å². The molecule has 0 amide bonds. The zero-order valence-electron chi connectivity index (χ0n) is 11.3. The van der Waals surface area contributed by atoms with Crippen molar-refractivity contribution in [2.75, 3.05) is 13.2 Å². The van der Waals surface area contributed by atoms with Gasteiger partial charge in [-0.15, -0.1) is 0 Å². The summed E-state index contributed by atoms with van der Waals surface area (Å²) in [5, 5.41) is 8.62. The molecule has 1 N–H and O–H groups in total. The fraction of sp³-hybridized carbons (Fsp3) is 0.769. The van der Waals surface area contributed by atoms with Gasteiger partial charge in [0, 0.05) is 12.5 Å². The van der Waals surface area contributed by atoms with E-state index < -0.39 is 0 Å². The van der Waals surface area contributed by atoms with Gasteiger partial charge in [-0.2, -0.15) is 5.10 Å². The fourth-order valence-corrected chi connectivity index (χ4v) is 2.98. The Morgan fingerprint density at radius 2 is 2.39 bits per heavy atom. The second-order valence-corrected chi connectivity index (χ2v) is 5.28. The molecule has 3 atom stereocenters. The SMILES string of the molecule is CCNC(c1c(Cl)cnn1CC)C1COC(C)C1. The summed E-state index contributed by atoms with van der Waals surface area (Å²) in [5.41, 5.74) is 1.10. The minimum absolute atomic E-state index is 0.231. The van der Waals surface area contributed by atoms with E-state index in [1.807, 2.05) is 4.68 Å². The smallest absolute Gasteiger partial charge is 0.0834 e. The Morgan fingerprint density at radius 3 is 2.94 bits per heavy atom. The number of aryl methyl sites for hydroxylation is 1. The molecule has 1 aromatic rings. The molecule has 0 saturated carbocycles. The Kier molecular flexibility index (Phi) is 4.65. The number of rotatable bonds is 5. The van der Waals surface area contributed by atoms with E-state index >= 15 is 0 Å². The summed E-state index contributed by atoms with van der Waals surface area (Å²) in [7, 11) is 0. The van der Waals surface area contributed by atoms with E-state index in [1.165, 1.54) is 0 Å². The van der Waals surface area contributed by atoms with E-state index in [0.29, 0.717) is 12.0 Å². The van der Waals surface area contributed by atoms with Gasteiger partial charge in [-0.3, -0.25) is 4.68 Å². The Labute approximate surface area is 114 Å². The molecule has 0 aromatic carbocycles. The normalized spacial score (nSPS) is 25.6.